The Morgan fingerprint density at radius 1 is 0.882 bits per heavy atom. The molecular formula is C38H35F6N2O4P. The van der Waals surface area contributed by atoms with Gasteiger partial charge in [0.05, 0.1) is 18.1 Å². The number of alkyl halides is 6. The fraction of sp³-hybridized carbons (Fsp3) is 0.316. The second-order valence-electron chi connectivity index (χ2n) is 12.5. The van der Waals surface area contributed by atoms with Crippen LogP contribution in [0.3, 0.4) is 0 Å². The number of benzene rings is 4. The Hall–Kier alpha value is -4.09. The minimum absolute atomic E-state index is 0.200. The van der Waals surface area contributed by atoms with Crippen LogP contribution >= 0.6 is 8.38 Å². The van der Waals surface area contributed by atoms with Crippen LogP contribution in [-0.4, -0.2) is 37.2 Å². The molecule has 1 heterocycles. The van der Waals surface area contributed by atoms with Gasteiger partial charge in [-0.25, -0.2) is 0 Å². The Morgan fingerprint density at radius 3 is 2.24 bits per heavy atom. The van der Waals surface area contributed by atoms with Crippen LogP contribution in [0.1, 0.15) is 76.7 Å². The maximum Gasteiger partial charge on any atom is 0.416 e. The second kappa shape index (κ2) is 14.9. The van der Waals surface area contributed by atoms with Crippen LogP contribution in [0.4, 0.5) is 26.3 Å². The second-order valence-corrected chi connectivity index (χ2v) is 13.9. The van der Waals surface area contributed by atoms with E-state index in [9.17, 15) is 35.9 Å². The highest BCUT2D eigenvalue weighted by molar-refractivity contribution is 7.56. The maximum atomic E-state index is 14.9. The van der Waals surface area contributed by atoms with Crippen molar-refractivity contribution in [1.82, 2.24) is 5.32 Å². The predicted molar refractivity (Wildman–Crippen MR) is 183 cm³/mol. The fourth-order valence-electron chi connectivity index (χ4n) is 6.69. The van der Waals surface area contributed by atoms with Crippen molar-refractivity contribution in [2.75, 3.05) is 13.2 Å². The van der Waals surface area contributed by atoms with E-state index in [1.807, 2.05) is 6.92 Å². The van der Waals surface area contributed by atoms with Crippen LogP contribution < -0.4 is 16.4 Å². The Bertz CT molecular complexity index is 1930. The Morgan fingerprint density at radius 2 is 1.57 bits per heavy atom. The summed E-state index contributed by atoms with van der Waals surface area (Å²) in [7, 11) is -2.00. The number of carbonyl (C=O) groups excluding carboxylic acids is 2. The number of hydrogen-bond donors (Lipinski definition) is 2. The zero-order valence-corrected chi connectivity index (χ0v) is 28.4. The van der Waals surface area contributed by atoms with Gasteiger partial charge in [0.25, 0.3) is 0 Å². The molecule has 3 N–H and O–H groups in total. The summed E-state index contributed by atoms with van der Waals surface area (Å²) in [5.41, 5.74) is 9.30. The fourth-order valence-corrected chi connectivity index (χ4v) is 8.42. The zero-order chi connectivity index (χ0) is 36.5. The van der Waals surface area contributed by atoms with Crippen molar-refractivity contribution < 1.29 is 45.0 Å². The number of rotatable bonds is 10. The van der Waals surface area contributed by atoms with E-state index < -0.39 is 56.7 Å². The number of ketones is 1. The Kier molecular flexibility index (Phi) is 10.7. The van der Waals surface area contributed by atoms with Gasteiger partial charge in [0.2, 0.25) is 14.3 Å². The monoisotopic (exact) mass is 728 g/mol. The van der Waals surface area contributed by atoms with Gasteiger partial charge in [-0.05, 0) is 70.0 Å². The standard InChI is InChI=1S/C38H35F6N2O4P/c1-2-3-4-13-28-32-29(25-10-6-7-11-26(25)33(32)36(48)46-21-37(39,40)41)20-30(35(28)51-49-19-18-31(45)50-51)34(47)27-12-8-5-9-24(27)22-14-16-23(17-15-22)38(42,43)44/h5-12,14-17,20,31,33H,2-4,13,18-19,21,45H2,1H3,(H,46,48). The Labute approximate surface area is 292 Å². The topological polar surface area (TPSA) is 90.7 Å². The molecule has 3 atom stereocenters. The molecule has 4 aromatic carbocycles. The first-order valence-corrected chi connectivity index (χ1v) is 17.8. The first kappa shape index (κ1) is 36.7. The Balaban J connectivity index is 1.58. The van der Waals surface area contributed by atoms with Crippen LogP contribution in [0.5, 0.6) is 0 Å². The number of fused-ring (bicyclic) bond motifs is 3. The number of nitrogens with one attached hydrogen (secondary N) is 1. The van der Waals surface area contributed by atoms with E-state index in [2.05, 4.69) is 5.32 Å². The SMILES string of the molecule is CCCCCc1c2c(cc(C(=O)c3ccccc3-c3ccc(C(F)(F)F)cc3)c1P1OCCC(N)O1)-c1ccccc1C2C(=O)NCC(F)(F)F. The summed E-state index contributed by atoms with van der Waals surface area (Å²) >= 11 is 0. The molecule has 51 heavy (non-hydrogen) atoms. The highest BCUT2D eigenvalue weighted by atomic mass is 31.2. The van der Waals surface area contributed by atoms with Crippen LogP contribution in [0.25, 0.3) is 22.3 Å². The van der Waals surface area contributed by atoms with Gasteiger partial charge in [0, 0.05) is 22.9 Å². The first-order valence-electron chi connectivity index (χ1n) is 16.6. The van der Waals surface area contributed by atoms with E-state index in [1.54, 1.807) is 54.6 Å². The largest absolute Gasteiger partial charge is 0.416 e. The molecule has 6 rings (SSSR count). The normalized spacial score (nSPS) is 18.6. The number of amides is 1. The van der Waals surface area contributed by atoms with Crippen LogP contribution in [0, 0.1) is 0 Å². The van der Waals surface area contributed by atoms with Crippen molar-refractivity contribution in [2.24, 2.45) is 5.73 Å². The van der Waals surface area contributed by atoms with Gasteiger partial charge in [0.1, 0.15) is 12.8 Å². The summed E-state index contributed by atoms with van der Waals surface area (Å²) in [6.07, 6.45) is -6.86. The van der Waals surface area contributed by atoms with E-state index in [1.165, 1.54) is 12.1 Å². The number of carbonyl (C=O) groups is 2. The van der Waals surface area contributed by atoms with Crippen molar-refractivity contribution in [3.05, 3.63) is 112 Å². The molecule has 13 heteroatoms. The van der Waals surface area contributed by atoms with Gasteiger partial charge in [-0.1, -0.05) is 80.4 Å². The number of nitrogens with two attached hydrogens (primary N) is 1. The predicted octanol–water partition coefficient (Wildman–Crippen LogP) is 8.79. The van der Waals surface area contributed by atoms with Crippen molar-refractivity contribution >= 4 is 25.4 Å². The van der Waals surface area contributed by atoms with Crippen molar-refractivity contribution in [3.63, 3.8) is 0 Å². The third-order valence-corrected chi connectivity index (χ3v) is 10.8. The smallest absolute Gasteiger partial charge is 0.346 e. The molecule has 4 aromatic rings. The van der Waals surface area contributed by atoms with Gasteiger partial charge in [-0.2, -0.15) is 26.3 Å². The molecule has 0 radical (unpaired) electrons. The summed E-state index contributed by atoms with van der Waals surface area (Å²) in [5, 5.41) is 2.46. The average molecular weight is 729 g/mol. The van der Waals surface area contributed by atoms with Crippen LogP contribution in [0.2, 0.25) is 0 Å². The van der Waals surface area contributed by atoms with E-state index in [4.69, 9.17) is 14.8 Å². The van der Waals surface area contributed by atoms with E-state index in [-0.39, 0.29) is 17.7 Å². The van der Waals surface area contributed by atoms with Crippen molar-refractivity contribution in [3.8, 4) is 22.3 Å². The minimum Gasteiger partial charge on any atom is -0.346 e. The number of hydrogen-bond acceptors (Lipinski definition) is 5. The summed E-state index contributed by atoms with van der Waals surface area (Å²) in [4.78, 5) is 28.7. The van der Waals surface area contributed by atoms with Crippen molar-refractivity contribution in [2.45, 2.75) is 63.5 Å². The molecule has 3 unspecified atom stereocenters. The molecule has 1 saturated heterocycles. The molecule has 0 aromatic heterocycles. The van der Waals surface area contributed by atoms with Gasteiger partial charge >= 0.3 is 12.4 Å². The molecule has 1 amide bonds. The summed E-state index contributed by atoms with van der Waals surface area (Å²) in [6, 6.07) is 19.7. The highest BCUT2D eigenvalue weighted by Gasteiger charge is 2.42. The number of unbranched alkanes of at least 4 members (excludes halogenated alkanes) is 2. The molecule has 0 bridgehead atoms. The molecule has 1 fully saturated rings. The maximum absolute atomic E-state index is 14.9. The molecule has 0 spiro atoms. The molecule has 0 saturated carbocycles. The van der Waals surface area contributed by atoms with E-state index in [0.29, 0.717) is 63.5 Å². The van der Waals surface area contributed by atoms with Gasteiger partial charge in [0.15, 0.2) is 5.78 Å². The third-order valence-electron chi connectivity index (χ3n) is 9.02. The van der Waals surface area contributed by atoms with Crippen molar-refractivity contribution in [1.29, 1.82) is 0 Å². The van der Waals surface area contributed by atoms with Gasteiger partial charge in [-0.15, -0.1) is 0 Å². The summed E-state index contributed by atoms with van der Waals surface area (Å²) in [6.45, 7) is 0.732. The highest BCUT2D eigenvalue weighted by Crippen LogP contribution is 2.52. The van der Waals surface area contributed by atoms with E-state index >= 15 is 0 Å². The quantitative estimate of drug-likeness (QED) is 0.0738. The lowest BCUT2D eigenvalue weighted by Gasteiger charge is -2.31. The zero-order valence-electron chi connectivity index (χ0n) is 27.5. The molecule has 268 valence electrons. The third kappa shape index (κ3) is 7.74. The van der Waals surface area contributed by atoms with Gasteiger partial charge in [-0.3, -0.25) is 9.59 Å². The lowest BCUT2D eigenvalue weighted by molar-refractivity contribution is -0.138. The first-order chi connectivity index (χ1) is 24.3. The van der Waals surface area contributed by atoms with Crippen LogP contribution in [0.15, 0.2) is 78.9 Å². The van der Waals surface area contributed by atoms with E-state index in [0.717, 1.165) is 25.0 Å². The molecule has 1 aliphatic carbocycles. The van der Waals surface area contributed by atoms with Crippen LogP contribution in [-0.2, 0) is 26.4 Å². The molecule has 1 aliphatic heterocycles. The summed E-state index contributed by atoms with van der Waals surface area (Å²) in [5.74, 6) is -2.40. The lowest BCUT2D eigenvalue weighted by Crippen LogP contribution is -2.37. The lowest BCUT2D eigenvalue weighted by atomic mass is 9.86. The number of halogens is 6. The summed E-state index contributed by atoms with van der Waals surface area (Å²) < 4.78 is 92.3. The minimum atomic E-state index is -4.63. The molecule has 6 nitrogen and oxygen atoms in total. The molecule has 2 aliphatic rings. The van der Waals surface area contributed by atoms with Gasteiger partial charge < -0.3 is 20.1 Å². The average Bonchev–Trinajstić information content (AvgIpc) is 3.44. The molecular weight excluding hydrogens is 693 g/mol.